The molecule has 0 saturated heterocycles. The molecule has 80 valence electrons. The van der Waals surface area contributed by atoms with Crippen LogP contribution in [-0.4, -0.2) is 6.54 Å². The second kappa shape index (κ2) is 7.57. The number of hydrogen-bond acceptors (Lipinski definition) is 1. The molecule has 0 aliphatic carbocycles. The van der Waals surface area contributed by atoms with Gasteiger partial charge >= 0.3 is 0 Å². The Morgan fingerprint density at radius 3 is 1.64 bits per heavy atom. The predicted molar refractivity (Wildman–Crippen MR) is 65.2 cm³/mol. The molecule has 0 rings (SSSR count). The first-order valence-corrected chi connectivity index (χ1v) is 5.27. The average molecular weight is 193 g/mol. The molecular weight excluding hydrogens is 170 g/mol. The van der Waals surface area contributed by atoms with Crippen molar-refractivity contribution in [1.82, 2.24) is 0 Å². The summed E-state index contributed by atoms with van der Waals surface area (Å²) < 4.78 is 0. The van der Waals surface area contributed by atoms with E-state index in [1.807, 2.05) is 18.2 Å². The summed E-state index contributed by atoms with van der Waals surface area (Å²) in [6.07, 6.45) is 11.2. The van der Waals surface area contributed by atoms with Crippen LogP contribution in [0.5, 0.6) is 0 Å². The fraction of sp³-hybridized carbons (Fsp3) is 0.538. The lowest BCUT2D eigenvalue weighted by atomic mass is 9.74. The number of hydrogen-bond donors (Lipinski definition) is 1. The molecule has 0 aromatic heterocycles. The third kappa shape index (κ3) is 4.43. The number of nitrogens with two attached hydrogens (primary N) is 1. The molecule has 0 fully saturated rings. The molecular formula is C13H23N. The maximum Gasteiger partial charge on any atom is -0.00771 e. The summed E-state index contributed by atoms with van der Waals surface area (Å²) in [6.45, 7) is 12.2. The van der Waals surface area contributed by atoms with Crippen molar-refractivity contribution in [2.75, 3.05) is 6.54 Å². The molecule has 2 N–H and O–H groups in total. The van der Waals surface area contributed by atoms with Gasteiger partial charge in [-0.3, -0.25) is 0 Å². The summed E-state index contributed by atoms with van der Waals surface area (Å²) in [5.41, 5.74) is 5.82. The van der Waals surface area contributed by atoms with Crippen molar-refractivity contribution in [1.29, 1.82) is 0 Å². The summed E-state index contributed by atoms with van der Waals surface area (Å²) in [7, 11) is 0. The number of allylic oxidation sites excluding steroid dienone is 3. The second-order valence-electron chi connectivity index (χ2n) is 3.87. The molecule has 14 heavy (non-hydrogen) atoms. The Labute approximate surface area is 88.4 Å². The van der Waals surface area contributed by atoms with Gasteiger partial charge in [-0.25, -0.2) is 0 Å². The normalized spacial score (nSPS) is 10.9. The van der Waals surface area contributed by atoms with E-state index in [0.29, 0.717) is 0 Å². The molecule has 0 radical (unpaired) electrons. The van der Waals surface area contributed by atoms with Crippen molar-refractivity contribution in [3.05, 3.63) is 38.0 Å². The Morgan fingerprint density at radius 1 is 0.929 bits per heavy atom. The monoisotopic (exact) mass is 193 g/mol. The highest BCUT2D eigenvalue weighted by Gasteiger charge is 2.24. The summed E-state index contributed by atoms with van der Waals surface area (Å²) in [4.78, 5) is 0. The first kappa shape index (κ1) is 13.2. The van der Waals surface area contributed by atoms with Crippen molar-refractivity contribution < 1.29 is 0 Å². The van der Waals surface area contributed by atoms with Crippen LogP contribution in [0.4, 0.5) is 0 Å². The highest BCUT2D eigenvalue weighted by atomic mass is 14.5. The van der Waals surface area contributed by atoms with Crippen LogP contribution in [0.3, 0.4) is 0 Å². The van der Waals surface area contributed by atoms with Crippen LogP contribution in [0.1, 0.15) is 32.1 Å². The second-order valence-corrected chi connectivity index (χ2v) is 3.87. The van der Waals surface area contributed by atoms with Crippen LogP contribution in [0.2, 0.25) is 0 Å². The summed E-state index contributed by atoms with van der Waals surface area (Å²) in [5, 5.41) is 0. The Balaban J connectivity index is 4.43. The maximum atomic E-state index is 5.55. The lowest BCUT2D eigenvalue weighted by molar-refractivity contribution is 0.266. The Hall–Kier alpha value is -0.820. The molecule has 1 nitrogen and oxygen atoms in total. The van der Waals surface area contributed by atoms with Gasteiger partial charge in [0.25, 0.3) is 0 Å². The van der Waals surface area contributed by atoms with E-state index in [4.69, 9.17) is 5.73 Å². The molecule has 0 aromatic rings. The highest BCUT2D eigenvalue weighted by Crippen LogP contribution is 2.37. The number of rotatable bonds is 9. The lowest BCUT2D eigenvalue weighted by Crippen LogP contribution is -2.20. The first-order chi connectivity index (χ1) is 6.74. The van der Waals surface area contributed by atoms with Gasteiger partial charge in [0.1, 0.15) is 0 Å². The van der Waals surface area contributed by atoms with Crippen molar-refractivity contribution >= 4 is 0 Å². The van der Waals surface area contributed by atoms with Gasteiger partial charge in [-0.1, -0.05) is 18.2 Å². The molecule has 0 bridgehead atoms. The van der Waals surface area contributed by atoms with E-state index in [1.54, 1.807) is 0 Å². The quantitative estimate of drug-likeness (QED) is 0.558. The van der Waals surface area contributed by atoms with Crippen molar-refractivity contribution in [2.45, 2.75) is 32.1 Å². The van der Waals surface area contributed by atoms with E-state index < -0.39 is 0 Å². The minimum atomic E-state index is 0.268. The van der Waals surface area contributed by atoms with Gasteiger partial charge in [-0.2, -0.15) is 0 Å². The Morgan fingerprint density at radius 2 is 1.36 bits per heavy atom. The van der Waals surface area contributed by atoms with Gasteiger partial charge in [0.05, 0.1) is 0 Å². The van der Waals surface area contributed by atoms with Crippen molar-refractivity contribution in [2.24, 2.45) is 11.1 Å². The van der Waals surface area contributed by atoms with Gasteiger partial charge in [-0.15, -0.1) is 19.7 Å². The lowest BCUT2D eigenvalue weighted by Gasteiger charge is -2.31. The van der Waals surface area contributed by atoms with Crippen LogP contribution >= 0.6 is 0 Å². The summed E-state index contributed by atoms with van der Waals surface area (Å²) in [6, 6.07) is 0. The van der Waals surface area contributed by atoms with Gasteiger partial charge in [0.2, 0.25) is 0 Å². The minimum absolute atomic E-state index is 0.268. The largest absolute Gasteiger partial charge is 0.330 e. The van der Waals surface area contributed by atoms with Gasteiger partial charge < -0.3 is 5.73 Å². The Kier molecular flexibility index (Phi) is 7.13. The molecule has 0 saturated carbocycles. The SMILES string of the molecule is C=CCC(CC=C)(CC=C)CCCN. The first-order valence-electron chi connectivity index (χ1n) is 5.27. The predicted octanol–water partition coefficient (Wildman–Crippen LogP) is 3.44. The zero-order valence-corrected chi connectivity index (χ0v) is 9.17. The molecule has 0 aromatic carbocycles. The zero-order chi connectivity index (χ0) is 10.9. The summed E-state index contributed by atoms with van der Waals surface area (Å²) >= 11 is 0. The van der Waals surface area contributed by atoms with Crippen LogP contribution in [0.15, 0.2) is 38.0 Å². The fourth-order valence-electron chi connectivity index (χ4n) is 1.95. The maximum absolute atomic E-state index is 5.55. The third-order valence-corrected chi connectivity index (χ3v) is 2.64. The van der Waals surface area contributed by atoms with Gasteiger partial charge in [0.15, 0.2) is 0 Å². The van der Waals surface area contributed by atoms with Crippen LogP contribution in [0, 0.1) is 5.41 Å². The van der Waals surface area contributed by atoms with E-state index in [2.05, 4.69) is 19.7 Å². The molecule has 0 aliphatic heterocycles. The topological polar surface area (TPSA) is 26.0 Å². The molecule has 0 spiro atoms. The van der Waals surface area contributed by atoms with Gasteiger partial charge in [0, 0.05) is 0 Å². The smallest absolute Gasteiger partial charge is 0.00771 e. The molecule has 0 heterocycles. The molecule has 0 unspecified atom stereocenters. The van der Waals surface area contributed by atoms with Crippen LogP contribution in [0.25, 0.3) is 0 Å². The molecule has 0 amide bonds. The van der Waals surface area contributed by atoms with Crippen molar-refractivity contribution in [3.8, 4) is 0 Å². The van der Waals surface area contributed by atoms with Crippen molar-refractivity contribution in [3.63, 3.8) is 0 Å². The van der Waals surface area contributed by atoms with E-state index >= 15 is 0 Å². The standard InChI is InChI=1S/C13H23N/c1-4-8-13(9-5-2,10-6-3)11-7-12-14/h4-6H,1-3,7-12,14H2. The summed E-state index contributed by atoms with van der Waals surface area (Å²) in [5.74, 6) is 0. The Bertz CT molecular complexity index is 155. The van der Waals surface area contributed by atoms with Crippen LogP contribution < -0.4 is 5.73 Å². The fourth-order valence-corrected chi connectivity index (χ4v) is 1.95. The van der Waals surface area contributed by atoms with E-state index in [0.717, 1.165) is 38.6 Å². The average Bonchev–Trinajstić information content (AvgIpc) is 2.16. The van der Waals surface area contributed by atoms with Crippen LogP contribution in [-0.2, 0) is 0 Å². The van der Waals surface area contributed by atoms with E-state index in [-0.39, 0.29) is 5.41 Å². The van der Waals surface area contributed by atoms with E-state index in [1.165, 1.54) is 0 Å². The molecule has 1 heteroatoms. The highest BCUT2D eigenvalue weighted by molar-refractivity contribution is 4.95. The molecule has 0 atom stereocenters. The minimum Gasteiger partial charge on any atom is -0.330 e. The third-order valence-electron chi connectivity index (χ3n) is 2.64. The van der Waals surface area contributed by atoms with Gasteiger partial charge in [-0.05, 0) is 44.1 Å². The zero-order valence-electron chi connectivity index (χ0n) is 9.17. The molecule has 0 aliphatic rings. The van der Waals surface area contributed by atoms with E-state index in [9.17, 15) is 0 Å².